The van der Waals surface area contributed by atoms with Crippen molar-refractivity contribution >= 4 is 40.2 Å². The Morgan fingerprint density at radius 1 is 1.38 bits per heavy atom. The zero-order valence-corrected chi connectivity index (χ0v) is 12.3. The first-order chi connectivity index (χ1) is 9.97. The number of nitrogens with zero attached hydrogens (tertiary/aromatic N) is 3. The Bertz CT molecular complexity index is 854. The first-order valence-electron chi connectivity index (χ1n) is 5.95. The summed E-state index contributed by atoms with van der Waals surface area (Å²) in [5.41, 5.74) is 1.73. The van der Waals surface area contributed by atoms with Gasteiger partial charge in [0.1, 0.15) is 6.54 Å². The summed E-state index contributed by atoms with van der Waals surface area (Å²) >= 11 is 12.0. The molecule has 0 radical (unpaired) electrons. The van der Waals surface area contributed by atoms with Gasteiger partial charge in [0.15, 0.2) is 18.0 Å². The molecule has 0 atom stereocenters. The lowest BCUT2D eigenvalue weighted by molar-refractivity contribution is -0.137. The fourth-order valence-corrected chi connectivity index (χ4v) is 2.42. The minimum atomic E-state index is -1.00. The van der Waals surface area contributed by atoms with Gasteiger partial charge in [-0.3, -0.25) is 4.79 Å². The Kier molecular flexibility index (Phi) is 3.35. The maximum Gasteiger partial charge on any atom is 0.323 e. The number of hydrogen-bond donors (Lipinski definition) is 1. The quantitative estimate of drug-likeness (QED) is 0.798. The number of aryl methyl sites for hydroxylation is 1. The van der Waals surface area contributed by atoms with Crippen LogP contribution in [0.5, 0.6) is 0 Å². The highest BCUT2D eigenvalue weighted by atomic mass is 35.5. The summed E-state index contributed by atoms with van der Waals surface area (Å²) in [7, 11) is 0. The van der Waals surface area contributed by atoms with Crippen molar-refractivity contribution in [2.75, 3.05) is 0 Å². The molecule has 21 heavy (non-hydrogen) atoms. The van der Waals surface area contributed by atoms with E-state index in [-0.39, 0.29) is 6.54 Å². The second kappa shape index (κ2) is 5.05. The number of carbonyl (C=O) groups is 1. The highest BCUT2D eigenvalue weighted by molar-refractivity contribution is 6.42. The van der Waals surface area contributed by atoms with Gasteiger partial charge in [0.25, 0.3) is 0 Å². The number of benzene rings is 1. The van der Waals surface area contributed by atoms with Gasteiger partial charge < -0.3 is 14.1 Å². The Morgan fingerprint density at radius 3 is 2.71 bits per heavy atom. The van der Waals surface area contributed by atoms with Gasteiger partial charge in [0, 0.05) is 0 Å². The van der Waals surface area contributed by atoms with Crippen LogP contribution in [0.1, 0.15) is 5.69 Å². The molecule has 1 aromatic carbocycles. The summed E-state index contributed by atoms with van der Waals surface area (Å²) < 4.78 is 6.82. The van der Waals surface area contributed by atoms with Crippen LogP contribution in [0, 0.1) is 6.92 Å². The predicted octanol–water partition coefficient (Wildman–Crippen LogP) is 3.39. The SMILES string of the molecule is Cc1ncoc1-c1nc2cc(Cl)c(Cl)cc2n1CC(=O)O. The molecule has 3 aromatic rings. The standard InChI is InChI=1S/C13H9Cl2N3O3/c1-6-12(21-5-16-6)13-17-9-2-7(14)8(15)3-10(9)18(13)4-11(19)20/h2-3,5H,4H2,1H3,(H,19,20). The number of rotatable bonds is 3. The molecule has 0 aliphatic heterocycles. The third-order valence-electron chi connectivity index (χ3n) is 3.03. The van der Waals surface area contributed by atoms with Gasteiger partial charge in [0.2, 0.25) is 0 Å². The van der Waals surface area contributed by atoms with E-state index in [1.807, 2.05) is 0 Å². The molecule has 0 saturated heterocycles. The molecule has 0 bridgehead atoms. The van der Waals surface area contributed by atoms with Crippen LogP contribution in [0.3, 0.4) is 0 Å². The zero-order valence-electron chi connectivity index (χ0n) is 10.8. The normalized spacial score (nSPS) is 11.2. The third kappa shape index (κ3) is 2.36. The van der Waals surface area contributed by atoms with E-state index in [1.165, 1.54) is 11.0 Å². The van der Waals surface area contributed by atoms with Gasteiger partial charge in [-0.25, -0.2) is 9.97 Å². The van der Waals surface area contributed by atoms with Crippen LogP contribution in [0.2, 0.25) is 10.0 Å². The molecule has 0 aliphatic carbocycles. The Morgan fingerprint density at radius 2 is 2.10 bits per heavy atom. The van der Waals surface area contributed by atoms with Crippen LogP contribution < -0.4 is 0 Å². The van der Waals surface area contributed by atoms with E-state index in [0.29, 0.717) is 38.4 Å². The first-order valence-corrected chi connectivity index (χ1v) is 6.70. The number of fused-ring (bicyclic) bond motifs is 1. The van der Waals surface area contributed by atoms with E-state index in [4.69, 9.17) is 32.7 Å². The number of aromatic nitrogens is 3. The molecule has 6 nitrogen and oxygen atoms in total. The first kappa shape index (κ1) is 13.9. The van der Waals surface area contributed by atoms with Crippen LogP contribution in [-0.4, -0.2) is 25.6 Å². The average molecular weight is 326 g/mol. The number of imidazole rings is 1. The predicted molar refractivity (Wildman–Crippen MR) is 77.6 cm³/mol. The number of hydrogen-bond acceptors (Lipinski definition) is 4. The van der Waals surface area contributed by atoms with Crippen molar-refractivity contribution < 1.29 is 14.3 Å². The number of oxazole rings is 1. The molecule has 1 N–H and O–H groups in total. The fourth-order valence-electron chi connectivity index (χ4n) is 2.11. The molecule has 0 unspecified atom stereocenters. The largest absolute Gasteiger partial charge is 0.480 e. The Balaban J connectivity index is 2.33. The topological polar surface area (TPSA) is 81.2 Å². The van der Waals surface area contributed by atoms with Gasteiger partial charge in [-0.1, -0.05) is 23.2 Å². The number of aliphatic carboxylic acids is 1. The average Bonchev–Trinajstić information content (AvgIpc) is 2.95. The van der Waals surface area contributed by atoms with Gasteiger partial charge in [-0.05, 0) is 19.1 Å². The highest BCUT2D eigenvalue weighted by Gasteiger charge is 2.20. The van der Waals surface area contributed by atoms with Gasteiger partial charge >= 0.3 is 5.97 Å². The maximum absolute atomic E-state index is 11.1. The van der Waals surface area contributed by atoms with Crippen LogP contribution in [0.25, 0.3) is 22.6 Å². The molecule has 0 saturated carbocycles. The lowest BCUT2D eigenvalue weighted by Crippen LogP contribution is -2.10. The van der Waals surface area contributed by atoms with Crippen molar-refractivity contribution in [3.8, 4) is 11.6 Å². The lowest BCUT2D eigenvalue weighted by atomic mass is 10.3. The molecule has 2 aromatic heterocycles. The van der Waals surface area contributed by atoms with E-state index >= 15 is 0 Å². The van der Waals surface area contributed by atoms with Crippen molar-refractivity contribution in [3.63, 3.8) is 0 Å². The smallest absolute Gasteiger partial charge is 0.323 e. The van der Waals surface area contributed by atoms with Crippen molar-refractivity contribution in [2.24, 2.45) is 0 Å². The second-order valence-corrected chi connectivity index (χ2v) is 5.25. The number of halogens is 2. The molecular weight excluding hydrogens is 317 g/mol. The molecule has 0 aliphatic rings. The fraction of sp³-hybridized carbons (Fsp3) is 0.154. The maximum atomic E-state index is 11.1. The summed E-state index contributed by atoms with van der Waals surface area (Å²) in [6, 6.07) is 3.18. The van der Waals surface area contributed by atoms with Crippen LogP contribution in [-0.2, 0) is 11.3 Å². The molecule has 0 amide bonds. The lowest BCUT2D eigenvalue weighted by Gasteiger charge is -2.05. The molecule has 0 spiro atoms. The summed E-state index contributed by atoms with van der Waals surface area (Å²) in [6.07, 6.45) is 1.29. The molecule has 0 fully saturated rings. The third-order valence-corrected chi connectivity index (χ3v) is 3.75. The Hall–Kier alpha value is -2.05. The van der Waals surface area contributed by atoms with E-state index < -0.39 is 5.97 Å². The summed E-state index contributed by atoms with van der Waals surface area (Å²) in [5, 5.41) is 9.79. The van der Waals surface area contributed by atoms with Crippen molar-refractivity contribution in [1.82, 2.24) is 14.5 Å². The highest BCUT2D eigenvalue weighted by Crippen LogP contribution is 2.32. The monoisotopic (exact) mass is 325 g/mol. The minimum Gasteiger partial charge on any atom is -0.480 e. The number of carboxylic acids is 1. The van der Waals surface area contributed by atoms with Crippen molar-refractivity contribution in [1.29, 1.82) is 0 Å². The molecular formula is C13H9Cl2N3O3. The second-order valence-electron chi connectivity index (χ2n) is 4.44. The van der Waals surface area contributed by atoms with Crippen molar-refractivity contribution in [2.45, 2.75) is 13.5 Å². The van der Waals surface area contributed by atoms with Crippen LogP contribution >= 0.6 is 23.2 Å². The van der Waals surface area contributed by atoms with E-state index in [1.54, 1.807) is 19.1 Å². The summed E-state index contributed by atoms with van der Waals surface area (Å²) in [5.74, 6) is -0.209. The molecule has 2 heterocycles. The molecule has 108 valence electrons. The van der Waals surface area contributed by atoms with E-state index in [2.05, 4.69) is 9.97 Å². The van der Waals surface area contributed by atoms with Crippen LogP contribution in [0.4, 0.5) is 0 Å². The summed E-state index contributed by atoms with van der Waals surface area (Å²) in [6.45, 7) is 1.48. The van der Waals surface area contributed by atoms with Gasteiger partial charge in [-0.2, -0.15) is 0 Å². The van der Waals surface area contributed by atoms with E-state index in [0.717, 1.165) is 0 Å². The Labute approximate surface area is 128 Å². The molecule has 3 rings (SSSR count). The number of carboxylic acid groups (broad SMARTS) is 1. The van der Waals surface area contributed by atoms with Crippen LogP contribution in [0.15, 0.2) is 22.9 Å². The van der Waals surface area contributed by atoms with Gasteiger partial charge in [-0.15, -0.1) is 0 Å². The van der Waals surface area contributed by atoms with Gasteiger partial charge in [0.05, 0.1) is 26.8 Å². The van der Waals surface area contributed by atoms with E-state index in [9.17, 15) is 4.79 Å². The summed E-state index contributed by atoms with van der Waals surface area (Å²) in [4.78, 5) is 19.5. The van der Waals surface area contributed by atoms with Crippen molar-refractivity contribution in [3.05, 3.63) is 34.3 Å². The minimum absolute atomic E-state index is 0.274. The molecule has 8 heteroatoms. The zero-order chi connectivity index (χ0) is 15.1.